The maximum Gasteiger partial charge on any atom is 0.213 e. The SMILES string of the molecule is Cc1ccc(O)c(C(C)NCc2ncon2)c1. The van der Waals surface area contributed by atoms with Gasteiger partial charge >= 0.3 is 0 Å². The molecule has 1 atom stereocenters. The highest BCUT2D eigenvalue weighted by Crippen LogP contribution is 2.24. The molecule has 5 heteroatoms. The second-order valence-electron chi connectivity index (χ2n) is 4.01. The van der Waals surface area contributed by atoms with E-state index in [1.165, 1.54) is 6.39 Å². The lowest BCUT2D eigenvalue weighted by atomic mass is 10.0. The molecule has 2 N–H and O–H groups in total. The monoisotopic (exact) mass is 233 g/mol. The number of hydrogen-bond donors (Lipinski definition) is 2. The van der Waals surface area contributed by atoms with Crippen LogP contribution >= 0.6 is 0 Å². The maximum atomic E-state index is 9.77. The average Bonchev–Trinajstić information content (AvgIpc) is 2.82. The van der Waals surface area contributed by atoms with Crippen molar-refractivity contribution in [3.05, 3.63) is 41.5 Å². The third-order valence-electron chi connectivity index (χ3n) is 2.62. The van der Waals surface area contributed by atoms with E-state index < -0.39 is 0 Å². The first-order valence-electron chi connectivity index (χ1n) is 5.45. The Labute approximate surface area is 99.5 Å². The molecule has 1 aromatic heterocycles. The van der Waals surface area contributed by atoms with Gasteiger partial charge in [-0.1, -0.05) is 22.9 Å². The van der Waals surface area contributed by atoms with E-state index in [1.54, 1.807) is 6.07 Å². The Balaban J connectivity index is 2.04. The topological polar surface area (TPSA) is 71.2 Å². The van der Waals surface area contributed by atoms with Crippen LogP contribution < -0.4 is 5.32 Å². The van der Waals surface area contributed by atoms with Crippen molar-refractivity contribution < 1.29 is 9.63 Å². The van der Waals surface area contributed by atoms with Gasteiger partial charge in [-0.3, -0.25) is 0 Å². The van der Waals surface area contributed by atoms with E-state index in [0.29, 0.717) is 18.1 Å². The fraction of sp³-hybridized carbons (Fsp3) is 0.333. The molecule has 0 fully saturated rings. The second-order valence-corrected chi connectivity index (χ2v) is 4.01. The van der Waals surface area contributed by atoms with Gasteiger partial charge in [-0.25, -0.2) is 0 Å². The molecule has 5 nitrogen and oxygen atoms in total. The van der Waals surface area contributed by atoms with Gasteiger partial charge in [0.05, 0.1) is 6.54 Å². The van der Waals surface area contributed by atoms with Crippen molar-refractivity contribution in [2.45, 2.75) is 26.4 Å². The van der Waals surface area contributed by atoms with Gasteiger partial charge in [0.2, 0.25) is 6.39 Å². The van der Waals surface area contributed by atoms with Crippen molar-refractivity contribution in [1.29, 1.82) is 0 Å². The van der Waals surface area contributed by atoms with E-state index in [-0.39, 0.29) is 6.04 Å². The molecule has 0 aliphatic heterocycles. The Hall–Kier alpha value is -1.88. The molecule has 2 aromatic rings. The largest absolute Gasteiger partial charge is 0.508 e. The smallest absolute Gasteiger partial charge is 0.213 e. The van der Waals surface area contributed by atoms with Crippen molar-refractivity contribution in [2.24, 2.45) is 0 Å². The molecule has 0 amide bonds. The van der Waals surface area contributed by atoms with Crippen LogP contribution in [0.15, 0.2) is 29.1 Å². The molecular weight excluding hydrogens is 218 g/mol. The molecule has 0 saturated heterocycles. The minimum atomic E-state index is 0.0217. The second kappa shape index (κ2) is 4.97. The van der Waals surface area contributed by atoms with Crippen molar-refractivity contribution in [1.82, 2.24) is 15.5 Å². The normalized spacial score (nSPS) is 12.6. The van der Waals surface area contributed by atoms with Crippen LogP contribution in [0, 0.1) is 6.92 Å². The number of rotatable bonds is 4. The van der Waals surface area contributed by atoms with Crippen LogP contribution in [0.5, 0.6) is 5.75 Å². The van der Waals surface area contributed by atoms with Crippen LogP contribution in [0.2, 0.25) is 0 Å². The Bertz CT molecular complexity index is 483. The van der Waals surface area contributed by atoms with E-state index in [2.05, 4.69) is 20.0 Å². The van der Waals surface area contributed by atoms with Crippen LogP contribution in [-0.4, -0.2) is 15.2 Å². The van der Waals surface area contributed by atoms with E-state index in [9.17, 15) is 5.11 Å². The fourth-order valence-electron chi connectivity index (χ4n) is 1.65. The van der Waals surface area contributed by atoms with E-state index in [1.807, 2.05) is 26.0 Å². The zero-order valence-corrected chi connectivity index (χ0v) is 9.84. The number of benzene rings is 1. The summed E-state index contributed by atoms with van der Waals surface area (Å²) in [5.41, 5.74) is 1.99. The lowest BCUT2D eigenvalue weighted by Gasteiger charge is -2.15. The molecule has 90 valence electrons. The summed E-state index contributed by atoms with van der Waals surface area (Å²) >= 11 is 0. The summed E-state index contributed by atoms with van der Waals surface area (Å²) in [4.78, 5) is 3.92. The van der Waals surface area contributed by atoms with Crippen LogP contribution in [-0.2, 0) is 6.54 Å². The molecule has 0 saturated carbocycles. The molecule has 1 unspecified atom stereocenters. The minimum Gasteiger partial charge on any atom is -0.508 e. The molecule has 0 spiro atoms. The number of phenols is 1. The summed E-state index contributed by atoms with van der Waals surface area (Å²) in [6.45, 7) is 4.48. The Morgan fingerprint density at radius 3 is 3.00 bits per heavy atom. The first-order chi connectivity index (χ1) is 8.16. The zero-order valence-electron chi connectivity index (χ0n) is 9.84. The lowest BCUT2D eigenvalue weighted by molar-refractivity contribution is 0.403. The summed E-state index contributed by atoms with van der Waals surface area (Å²) in [5, 5.41) is 16.7. The van der Waals surface area contributed by atoms with Gasteiger partial charge in [0.15, 0.2) is 5.82 Å². The number of nitrogens with one attached hydrogen (secondary N) is 1. The number of aryl methyl sites for hydroxylation is 1. The van der Waals surface area contributed by atoms with Gasteiger partial charge in [0, 0.05) is 11.6 Å². The zero-order chi connectivity index (χ0) is 12.3. The fourth-order valence-corrected chi connectivity index (χ4v) is 1.65. The summed E-state index contributed by atoms with van der Waals surface area (Å²) in [6.07, 6.45) is 1.30. The summed E-state index contributed by atoms with van der Waals surface area (Å²) in [6, 6.07) is 5.57. The van der Waals surface area contributed by atoms with E-state index in [4.69, 9.17) is 0 Å². The summed E-state index contributed by atoms with van der Waals surface area (Å²) in [5.74, 6) is 0.896. The lowest BCUT2D eigenvalue weighted by Crippen LogP contribution is -2.19. The quantitative estimate of drug-likeness (QED) is 0.844. The van der Waals surface area contributed by atoms with Crippen molar-refractivity contribution >= 4 is 0 Å². The molecule has 0 bridgehead atoms. The van der Waals surface area contributed by atoms with Gasteiger partial charge in [0.1, 0.15) is 5.75 Å². The molecular formula is C12H15N3O2. The number of phenolic OH excluding ortho intramolecular Hbond substituents is 1. The highest BCUT2D eigenvalue weighted by Gasteiger charge is 2.10. The van der Waals surface area contributed by atoms with Gasteiger partial charge in [-0.05, 0) is 19.9 Å². The third kappa shape index (κ3) is 2.82. The first-order valence-corrected chi connectivity index (χ1v) is 5.45. The van der Waals surface area contributed by atoms with Crippen LogP contribution in [0.1, 0.15) is 29.9 Å². The molecule has 2 rings (SSSR count). The summed E-state index contributed by atoms with van der Waals surface area (Å²) < 4.78 is 4.64. The predicted octanol–water partition coefficient (Wildman–Crippen LogP) is 1.93. The number of hydrogen-bond acceptors (Lipinski definition) is 5. The molecule has 0 aliphatic rings. The third-order valence-corrected chi connectivity index (χ3v) is 2.62. The highest BCUT2D eigenvalue weighted by molar-refractivity contribution is 5.37. The Morgan fingerprint density at radius 1 is 1.47 bits per heavy atom. The molecule has 0 radical (unpaired) electrons. The highest BCUT2D eigenvalue weighted by atomic mass is 16.5. The van der Waals surface area contributed by atoms with Crippen LogP contribution in [0.4, 0.5) is 0 Å². The Morgan fingerprint density at radius 2 is 2.29 bits per heavy atom. The van der Waals surface area contributed by atoms with E-state index in [0.717, 1.165) is 11.1 Å². The average molecular weight is 233 g/mol. The Kier molecular flexibility index (Phi) is 3.39. The van der Waals surface area contributed by atoms with Gasteiger partial charge in [0.25, 0.3) is 0 Å². The molecule has 1 aromatic carbocycles. The minimum absolute atomic E-state index is 0.0217. The molecule has 1 heterocycles. The predicted molar refractivity (Wildman–Crippen MR) is 62.4 cm³/mol. The number of nitrogens with zero attached hydrogens (tertiary/aromatic N) is 2. The number of aromatic hydroxyl groups is 1. The van der Waals surface area contributed by atoms with E-state index >= 15 is 0 Å². The first kappa shape index (κ1) is 11.6. The number of aromatic nitrogens is 2. The van der Waals surface area contributed by atoms with Crippen molar-refractivity contribution in [2.75, 3.05) is 0 Å². The molecule has 17 heavy (non-hydrogen) atoms. The standard InChI is InChI=1S/C12H15N3O2/c1-8-3-4-11(16)10(5-8)9(2)13-6-12-14-7-17-15-12/h3-5,7,9,13,16H,6H2,1-2H3. The van der Waals surface area contributed by atoms with Gasteiger partial charge in [-0.15, -0.1) is 0 Å². The van der Waals surface area contributed by atoms with Gasteiger partial charge in [-0.2, -0.15) is 4.98 Å². The van der Waals surface area contributed by atoms with Gasteiger partial charge < -0.3 is 14.9 Å². The van der Waals surface area contributed by atoms with Crippen molar-refractivity contribution in [3.8, 4) is 5.75 Å². The maximum absolute atomic E-state index is 9.77. The van der Waals surface area contributed by atoms with Crippen LogP contribution in [0.3, 0.4) is 0 Å². The van der Waals surface area contributed by atoms with Crippen LogP contribution in [0.25, 0.3) is 0 Å². The van der Waals surface area contributed by atoms with Crippen molar-refractivity contribution in [3.63, 3.8) is 0 Å². The summed E-state index contributed by atoms with van der Waals surface area (Å²) in [7, 11) is 0. The molecule has 0 aliphatic carbocycles.